The van der Waals surface area contributed by atoms with Gasteiger partial charge in [0, 0.05) is 6.04 Å². The quantitative estimate of drug-likeness (QED) is 0.726. The van der Waals surface area contributed by atoms with E-state index >= 15 is 0 Å². The van der Waals surface area contributed by atoms with Crippen LogP contribution in [0.1, 0.15) is 46.5 Å². The van der Waals surface area contributed by atoms with Crippen molar-refractivity contribution in [3.63, 3.8) is 0 Å². The van der Waals surface area contributed by atoms with Crippen LogP contribution in [0.4, 0.5) is 4.79 Å². The van der Waals surface area contributed by atoms with Crippen LogP contribution in [0.2, 0.25) is 0 Å². The van der Waals surface area contributed by atoms with Crippen LogP contribution in [-0.4, -0.2) is 24.0 Å². The van der Waals surface area contributed by atoms with Gasteiger partial charge in [-0.05, 0) is 64.0 Å². The van der Waals surface area contributed by atoms with Gasteiger partial charge >= 0.3 is 6.09 Å². The highest BCUT2D eigenvalue weighted by Crippen LogP contribution is 2.58. The van der Waals surface area contributed by atoms with Crippen LogP contribution in [0, 0.1) is 16.7 Å². The molecule has 2 rings (SSSR count). The van der Waals surface area contributed by atoms with Crippen LogP contribution in [0.15, 0.2) is 0 Å². The molecule has 0 aromatic carbocycles. The Labute approximate surface area is 103 Å². The second-order valence-electron chi connectivity index (χ2n) is 6.59. The summed E-state index contributed by atoms with van der Waals surface area (Å²) in [5, 5.41) is 10.1. The van der Waals surface area contributed by atoms with Crippen molar-refractivity contribution in [2.45, 2.75) is 58.1 Å². The number of rotatable bonds is 2. The number of ether oxygens (including phenoxy) is 1. The van der Waals surface area contributed by atoms with Gasteiger partial charge in [-0.2, -0.15) is 0 Å². The maximum Gasteiger partial charge on any atom is 0.407 e. The minimum Gasteiger partial charge on any atom is -0.444 e. The molecule has 96 valence electrons. The van der Waals surface area contributed by atoms with Crippen molar-refractivity contribution in [1.29, 1.82) is 5.41 Å². The van der Waals surface area contributed by atoms with Crippen LogP contribution < -0.4 is 5.32 Å². The lowest BCUT2D eigenvalue weighted by molar-refractivity contribution is -0.0282. The minimum atomic E-state index is -0.423. The zero-order valence-corrected chi connectivity index (χ0v) is 10.9. The van der Waals surface area contributed by atoms with Gasteiger partial charge in [-0.25, -0.2) is 4.79 Å². The molecule has 0 unspecified atom stereocenters. The minimum absolute atomic E-state index is 0.275. The second kappa shape index (κ2) is 4.00. The van der Waals surface area contributed by atoms with Gasteiger partial charge in [0.1, 0.15) is 5.60 Å². The molecule has 0 aliphatic heterocycles. The molecule has 4 nitrogen and oxygen atoms in total. The molecule has 4 heteroatoms. The van der Waals surface area contributed by atoms with Gasteiger partial charge in [-0.1, -0.05) is 0 Å². The lowest BCUT2D eigenvalue weighted by atomic mass is 9.50. The summed E-state index contributed by atoms with van der Waals surface area (Å²) in [5.74, 6) is 0.484. The van der Waals surface area contributed by atoms with E-state index in [1.807, 2.05) is 20.8 Å². The normalized spacial score (nSPS) is 35.7. The lowest BCUT2D eigenvalue weighted by Gasteiger charge is -2.57. The molecule has 0 atom stereocenters. The monoisotopic (exact) mass is 238 g/mol. The van der Waals surface area contributed by atoms with Gasteiger partial charge in [0.05, 0.1) is 0 Å². The lowest BCUT2D eigenvalue weighted by Crippen LogP contribution is -2.56. The maximum absolute atomic E-state index is 11.5. The van der Waals surface area contributed by atoms with Crippen LogP contribution >= 0.6 is 0 Å². The topological polar surface area (TPSA) is 62.2 Å². The highest BCUT2D eigenvalue weighted by Gasteiger charge is 2.52. The molecule has 2 fully saturated rings. The third-order valence-electron chi connectivity index (χ3n) is 3.71. The SMILES string of the molecule is CC(C)(C)OC(=O)NC1CC2(CC(C=N)C2)C1. The molecule has 0 aromatic heterocycles. The molecule has 2 aliphatic rings. The van der Waals surface area contributed by atoms with E-state index in [0.29, 0.717) is 11.3 Å². The predicted octanol–water partition coefficient (Wildman–Crippen LogP) is 2.72. The van der Waals surface area contributed by atoms with E-state index in [4.69, 9.17) is 10.1 Å². The van der Waals surface area contributed by atoms with E-state index in [9.17, 15) is 4.79 Å². The molecule has 0 heterocycles. The van der Waals surface area contributed by atoms with Gasteiger partial charge in [-0.15, -0.1) is 0 Å². The van der Waals surface area contributed by atoms with Crippen molar-refractivity contribution < 1.29 is 9.53 Å². The number of amides is 1. The highest BCUT2D eigenvalue weighted by atomic mass is 16.6. The van der Waals surface area contributed by atoms with Crippen molar-refractivity contribution in [2.24, 2.45) is 11.3 Å². The largest absolute Gasteiger partial charge is 0.444 e. The van der Waals surface area contributed by atoms with Gasteiger partial charge in [0.25, 0.3) is 0 Å². The molecule has 2 aliphatic carbocycles. The Bertz CT molecular complexity index is 319. The van der Waals surface area contributed by atoms with Crippen molar-refractivity contribution in [3.8, 4) is 0 Å². The molecular weight excluding hydrogens is 216 g/mol. The third kappa shape index (κ3) is 2.79. The first-order valence-corrected chi connectivity index (χ1v) is 6.32. The van der Waals surface area contributed by atoms with Gasteiger partial charge in [0.2, 0.25) is 0 Å². The van der Waals surface area contributed by atoms with E-state index in [0.717, 1.165) is 25.7 Å². The summed E-state index contributed by atoms with van der Waals surface area (Å²) in [7, 11) is 0. The first-order valence-electron chi connectivity index (χ1n) is 6.32. The van der Waals surface area contributed by atoms with Crippen LogP contribution in [0.25, 0.3) is 0 Å². The number of carbonyl (C=O) groups is 1. The fourth-order valence-electron chi connectivity index (χ4n) is 3.07. The molecule has 2 N–H and O–H groups in total. The smallest absolute Gasteiger partial charge is 0.407 e. The van der Waals surface area contributed by atoms with Crippen molar-refractivity contribution in [3.05, 3.63) is 0 Å². The Morgan fingerprint density at radius 1 is 1.35 bits per heavy atom. The summed E-state index contributed by atoms with van der Waals surface area (Å²) in [6, 6.07) is 0.275. The van der Waals surface area contributed by atoms with Crippen molar-refractivity contribution >= 4 is 12.3 Å². The molecular formula is C13H22N2O2. The van der Waals surface area contributed by atoms with Crippen LogP contribution in [0.5, 0.6) is 0 Å². The molecule has 0 saturated heterocycles. The molecule has 17 heavy (non-hydrogen) atoms. The number of hydrogen-bond acceptors (Lipinski definition) is 3. The summed E-state index contributed by atoms with van der Waals surface area (Å²) >= 11 is 0. The summed E-state index contributed by atoms with van der Waals surface area (Å²) in [6.07, 6.45) is 5.61. The first-order chi connectivity index (χ1) is 7.82. The first kappa shape index (κ1) is 12.4. The average molecular weight is 238 g/mol. The second-order valence-corrected chi connectivity index (χ2v) is 6.59. The van der Waals surface area contributed by atoms with Gasteiger partial charge < -0.3 is 15.5 Å². The zero-order valence-electron chi connectivity index (χ0n) is 10.9. The van der Waals surface area contributed by atoms with E-state index in [1.165, 1.54) is 0 Å². The fourth-order valence-corrected chi connectivity index (χ4v) is 3.07. The average Bonchev–Trinajstić information content (AvgIpc) is 2.03. The predicted molar refractivity (Wildman–Crippen MR) is 66.3 cm³/mol. The Morgan fingerprint density at radius 3 is 2.41 bits per heavy atom. The van der Waals surface area contributed by atoms with E-state index in [2.05, 4.69) is 5.32 Å². The standard InChI is InChI=1S/C13H22N2O2/c1-12(2,3)17-11(16)15-10-6-13(7-10)4-9(5-13)8-14/h8-10,14H,4-7H2,1-3H3,(H,15,16). The number of alkyl carbamates (subject to hydrolysis) is 1. The maximum atomic E-state index is 11.5. The zero-order chi connectivity index (χ0) is 12.7. The fraction of sp³-hybridized carbons (Fsp3) is 0.846. The summed E-state index contributed by atoms with van der Waals surface area (Å²) < 4.78 is 5.22. The molecule has 1 amide bonds. The van der Waals surface area contributed by atoms with Gasteiger partial charge in [-0.3, -0.25) is 0 Å². The van der Waals surface area contributed by atoms with Crippen LogP contribution in [-0.2, 0) is 4.74 Å². The summed E-state index contributed by atoms with van der Waals surface area (Å²) in [5.41, 5.74) is 0.00908. The Balaban J connectivity index is 1.68. The van der Waals surface area contributed by atoms with Crippen molar-refractivity contribution in [2.75, 3.05) is 0 Å². The molecule has 0 radical (unpaired) electrons. The summed E-state index contributed by atoms with van der Waals surface area (Å²) in [6.45, 7) is 5.61. The number of carbonyl (C=O) groups excluding carboxylic acids is 1. The molecule has 2 saturated carbocycles. The van der Waals surface area contributed by atoms with Crippen LogP contribution in [0.3, 0.4) is 0 Å². The molecule has 0 aromatic rings. The molecule has 1 spiro atoms. The number of nitrogens with one attached hydrogen (secondary N) is 2. The van der Waals surface area contributed by atoms with Crippen molar-refractivity contribution in [1.82, 2.24) is 5.32 Å². The number of hydrogen-bond donors (Lipinski definition) is 2. The van der Waals surface area contributed by atoms with Gasteiger partial charge in [0.15, 0.2) is 0 Å². The Morgan fingerprint density at radius 2 is 1.94 bits per heavy atom. The Kier molecular flexibility index (Phi) is 2.92. The summed E-state index contributed by atoms with van der Waals surface area (Å²) in [4.78, 5) is 11.5. The van der Waals surface area contributed by atoms with E-state index in [-0.39, 0.29) is 12.1 Å². The van der Waals surface area contributed by atoms with E-state index in [1.54, 1.807) is 6.21 Å². The van der Waals surface area contributed by atoms with E-state index < -0.39 is 5.60 Å². The Hall–Kier alpha value is -1.06. The molecule has 0 bridgehead atoms. The third-order valence-corrected chi connectivity index (χ3v) is 3.71. The highest BCUT2D eigenvalue weighted by molar-refractivity contribution is 5.68.